The van der Waals surface area contributed by atoms with Gasteiger partial charge in [0.1, 0.15) is 11.3 Å². The Balaban J connectivity index is 1.32. The first-order chi connectivity index (χ1) is 28.2. The van der Waals surface area contributed by atoms with Crippen molar-refractivity contribution in [3.63, 3.8) is 0 Å². The van der Waals surface area contributed by atoms with Gasteiger partial charge in [0.25, 0.3) is 0 Å². The molecule has 272 valence electrons. The zero-order valence-electron chi connectivity index (χ0n) is 31.8. The van der Waals surface area contributed by atoms with Gasteiger partial charge in [-0.15, -0.1) is 0 Å². The normalized spacial score (nSPS) is 11.2. The van der Waals surface area contributed by atoms with Crippen molar-refractivity contribution in [1.82, 2.24) is 0 Å². The fraction of sp³-hybridized carbons (Fsp3) is 0.0182. The first kappa shape index (κ1) is 35.3. The van der Waals surface area contributed by atoms with Gasteiger partial charge in [0.05, 0.1) is 5.69 Å². The summed E-state index contributed by atoms with van der Waals surface area (Å²) in [5.41, 5.74) is 16.6. The first-order valence-electron chi connectivity index (χ1n) is 19.4. The standard InChI is InChI=1S/C55H41NO/c1-3-4-36-53-39(2)47-32-18-34-50(55(47)57-53)44-27-17-29-46(38-44)56(45-28-16-26-43(37-45)40-20-8-5-9-21-40)52-35-19-33-49(42-24-12-7-13-25-42)54(52)51-31-15-14-30-48(51)41-22-10-6-11-23-41/h3-38H,1H2,2H3/b36-4-. The minimum atomic E-state index is 0.840. The number of allylic oxidation sites excluding steroid dienone is 2. The maximum absolute atomic E-state index is 6.57. The van der Waals surface area contributed by atoms with Crippen LogP contribution in [0.2, 0.25) is 0 Å². The van der Waals surface area contributed by atoms with E-state index in [-0.39, 0.29) is 0 Å². The van der Waals surface area contributed by atoms with E-state index >= 15 is 0 Å². The predicted molar refractivity (Wildman–Crippen MR) is 242 cm³/mol. The van der Waals surface area contributed by atoms with E-state index in [1.165, 1.54) is 16.7 Å². The van der Waals surface area contributed by atoms with Gasteiger partial charge in [-0.3, -0.25) is 0 Å². The lowest BCUT2D eigenvalue weighted by molar-refractivity contribution is 0.602. The molecule has 0 saturated carbocycles. The Morgan fingerprint density at radius 3 is 1.65 bits per heavy atom. The lowest BCUT2D eigenvalue weighted by Crippen LogP contribution is -2.12. The smallest absolute Gasteiger partial charge is 0.142 e. The van der Waals surface area contributed by atoms with Gasteiger partial charge in [-0.2, -0.15) is 0 Å². The van der Waals surface area contributed by atoms with Crippen molar-refractivity contribution in [3.05, 3.63) is 230 Å². The van der Waals surface area contributed by atoms with Gasteiger partial charge in [0, 0.05) is 33.5 Å². The zero-order chi connectivity index (χ0) is 38.6. The molecule has 0 aliphatic carbocycles. The molecule has 0 aliphatic heterocycles. The summed E-state index contributed by atoms with van der Waals surface area (Å²) in [5, 5.41) is 1.10. The Kier molecular flexibility index (Phi) is 9.75. The molecule has 9 aromatic rings. The van der Waals surface area contributed by atoms with Crippen molar-refractivity contribution >= 4 is 34.1 Å². The van der Waals surface area contributed by atoms with E-state index in [2.05, 4.69) is 219 Å². The van der Waals surface area contributed by atoms with E-state index in [0.29, 0.717) is 0 Å². The number of nitrogens with zero attached hydrogens (tertiary/aromatic N) is 1. The van der Waals surface area contributed by atoms with Crippen molar-refractivity contribution in [2.45, 2.75) is 6.92 Å². The van der Waals surface area contributed by atoms with Crippen LogP contribution in [0.25, 0.3) is 72.7 Å². The molecule has 0 unspecified atom stereocenters. The van der Waals surface area contributed by atoms with Crippen LogP contribution < -0.4 is 4.90 Å². The quantitative estimate of drug-likeness (QED) is 0.130. The minimum Gasteiger partial charge on any atom is -0.456 e. The van der Waals surface area contributed by atoms with Crippen LogP contribution in [0.15, 0.2) is 223 Å². The van der Waals surface area contributed by atoms with Crippen LogP contribution in [0, 0.1) is 6.92 Å². The molecular formula is C55H41NO. The number of anilines is 3. The lowest BCUT2D eigenvalue weighted by atomic mass is 9.87. The highest BCUT2D eigenvalue weighted by atomic mass is 16.3. The van der Waals surface area contributed by atoms with E-state index in [1.807, 2.05) is 12.2 Å². The van der Waals surface area contributed by atoms with E-state index in [4.69, 9.17) is 4.42 Å². The van der Waals surface area contributed by atoms with Gasteiger partial charge < -0.3 is 9.32 Å². The molecule has 2 heteroatoms. The first-order valence-corrected chi connectivity index (χ1v) is 19.4. The average Bonchev–Trinajstić information content (AvgIpc) is 3.61. The molecule has 1 aromatic heterocycles. The Morgan fingerprint density at radius 1 is 0.456 bits per heavy atom. The molecule has 8 aromatic carbocycles. The van der Waals surface area contributed by atoms with Crippen LogP contribution in [0.3, 0.4) is 0 Å². The average molecular weight is 732 g/mol. The molecule has 0 N–H and O–H groups in total. The molecule has 0 aliphatic rings. The Hall–Kier alpha value is -7.42. The summed E-state index contributed by atoms with van der Waals surface area (Å²) in [5.74, 6) is 0.840. The molecular weight excluding hydrogens is 691 g/mol. The van der Waals surface area contributed by atoms with Crippen LogP contribution in [0.4, 0.5) is 17.1 Å². The van der Waals surface area contributed by atoms with Crippen molar-refractivity contribution in [1.29, 1.82) is 0 Å². The minimum absolute atomic E-state index is 0.840. The van der Waals surface area contributed by atoms with Crippen molar-refractivity contribution in [3.8, 4) is 55.6 Å². The molecule has 1 heterocycles. The molecule has 0 amide bonds. The fourth-order valence-corrected chi connectivity index (χ4v) is 7.94. The summed E-state index contributed by atoms with van der Waals surface area (Å²) in [6, 6.07) is 71.7. The van der Waals surface area contributed by atoms with E-state index < -0.39 is 0 Å². The number of hydrogen-bond donors (Lipinski definition) is 0. The number of fused-ring (bicyclic) bond motifs is 1. The predicted octanol–water partition coefficient (Wildman–Crippen LogP) is 15.7. The van der Waals surface area contributed by atoms with Gasteiger partial charge in [-0.25, -0.2) is 0 Å². The van der Waals surface area contributed by atoms with E-state index in [9.17, 15) is 0 Å². The molecule has 0 spiro atoms. The van der Waals surface area contributed by atoms with Gasteiger partial charge in [0.15, 0.2) is 0 Å². The van der Waals surface area contributed by atoms with Crippen molar-refractivity contribution in [2.24, 2.45) is 0 Å². The maximum atomic E-state index is 6.57. The highest BCUT2D eigenvalue weighted by Gasteiger charge is 2.24. The largest absolute Gasteiger partial charge is 0.456 e. The molecule has 0 atom stereocenters. The lowest BCUT2D eigenvalue weighted by Gasteiger charge is -2.30. The third kappa shape index (κ3) is 6.90. The third-order valence-corrected chi connectivity index (χ3v) is 10.7. The number of hydrogen-bond acceptors (Lipinski definition) is 2. The van der Waals surface area contributed by atoms with Crippen LogP contribution in [-0.4, -0.2) is 0 Å². The highest BCUT2D eigenvalue weighted by molar-refractivity contribution is 6.02. The summed E-state index contributed by atoms with van der Waals surface area (Å²) in [4.78, 5) is 2.42. The molecule has 9 rings (SSSR count). The topological polar surface area (TPSA) is 16.4 Å². The molecule has 57 heavy (non-hydrogen) atoms. The van der Waals surface area contributed by atoms with Crippen LogP contribution in [0.5, 0.6) is 0 Å². The zero-order valence-corrected chi connectivity index (χ0v) is 31.8. The summed E-state index contributed by atoms with van der Waals surface area (Å²) in [7, 11) is 0. The van der Waals surface area contributed by atoms with Crippen LogP contribution in [-0.2, 0) is 0 Å². The summed E-state index contributed by atoms with van der Waals surface area (Å²) in [6.45, 7) is 5.97. The van der Waals surface area contributed by atoms with Crippen LogP contribution >= 0.6 is 0 Å². The summed E-state index contributed by atoms with van der Waals surface area (Å²) in [6.07, 6.45) is 5.68. The highest BCUT2D eigenvalue weighted by Crippen LogP contribution is 2.49. The molecule has 0 saturated heterocycles. The van der Waals surface area contributed by atoms with Gasteiger partial charge in [-0.05, 0) is 87.8 Å². The summed E-state index contributed by atoms with van der Waals surface area (Å²) < 4.78 is 6.57. The number of para-hydroxylation sites is 1. The van der Waals surface area contributed by atoms with Gasteiger partial charge in [-0.1, -0.05) is 189 Å². The third-order valence-electron chi connectivity index (χ3n) is 10.7. The maximum Gasteiger partial charge on any atom is 0.142 e. The van der Waals surface area contributed by atoms with E-state index in [0.717, 1.165) is 78.3 Å². The Morgan fingerprint density at radius 2 is 0.965 bits per heavy atom. The molecule has 0 radical (unpaired) electrons. The van der Waals surface area contributed by atoms with E-state index in [1.54, 1.807) is 6.08 Å². The Bertz CT molecular complexity index is 2870. The van der Waals surface area contributed by atoms with Crippen molar-refractivity contribution in [2.75, 3.05) is 4.90 Å². The van der Waals surface area contributed by atoms with Crippen LogP contribution in [0.1, 0.15) is 11.3 Å². The monoisotopic (exact) mass is 731 g/mol. The second kappa shape index (κ2) is 15.7. The summed E-state index contributed by atoms with van der Waals surface area (Å²) >= 11 is 0. The number of aryl methyl sites for hydroxylation is 1. The second-order valence-electron chi connectivity index (χ2n) is 14.1. The Labute approximate surface area is 335 Å². The molecule has 0 fully saturated rings. The second-order valence-corrected chi connectivity index (χ2v) is 14.1. The number of rotatable bonds is 10. The fourth-order valence-electron chi connectivity index (χ4n) is 7.94. The molecule has 0 bridgehead atoms. The molecule has 2 nitrogen and oxygen atoms in total. The van der Waals surface area contributed by atoms with Crippen molar-refractivity contribution < 1.29 is 4.42 Å². The van der Waals surface area contributed by atoms with Gasteiger partial charge >= 0.3 is 0 Å². The number of benzene rings is 8. The number of furan rings is 1. The SMILES string of the molecule is C=C/C=C\c1oc2c(-c3cccc(N(c4cccc(-c5ccccc5)c4)c4cccc(-c5ccccc5)c4-c4ccccc4-c4ccccc4)c3)cccc2c1C. The van der Waals surface area contributed by atoms with Gasteiger partial charge in [0.2, 0.25) is 0 Å².